The molecule has 7 heteroatoms. The Morgan fingerprint density at radius 1 is 0.929 bits per heavy atom. The van der Waals surface area contributed by atoms with Crippen molar-refractivity contribution < 1.29 is 18.7 Å². The number of nitrogens with one attached hydrogen (secondary N) is 1. The Morgan fingerprint density at radius 3 is 2.25 bits per heavy atom. The number of esters is 1. The molecule has 0 bridgehead atoms. The van der Waals surface area contributed by atoms with E-state index in [1.807, 2.05) is 0 Å². The van der Waals surface area contributed by atoms with E-state index in [0.717, 1.165) is 0 Å². The molecular formula is C21H14BrFN2O3. The number of hydrazone groups is 1. The van der Waals surface area contributed by atoms with Crippen molar-refractivity contribution in [2.75, 3.05) is 0 Å². The molecule has 3 aromatic carbocycles. The fourth-order valence-electron chi connectivity index (χ4n) is 2.28. The van der Waals surface area contributed by atoms with Gasteiger partial charge in [-0.2, -0.15) is 5.10 Å². The summed E-state index contributed by atoms with van der Waals surface area (Å²) in [6.07, 6.45) is 1.40. The number of rotatable bonds is 5. The Bertz CT molecular complexity index is 1040. The van der Waals surface area contributed by atoms with Crippen LogP contribution in [0, 0.1) is 5.82 Å². The van der Waals surface area contributed by atoms with Crippen molar-refractivity contribution >= 4 is 34.0 Å². The third-order valence-electron chi connectivity index (χ3n) is 3.68. The summed E-state index contributed by atoms with van der Waals surface area (Å²) in [7, 11) is 0. The molecule has 3 rings (SSSR count). The quantitative estimate of drug-likeness (QED) is 0.273. The first-order valence-corrected chi connectivity index (χ1v) is 8.98. The molecule has 0 fully saturated rings. The van der Waals surface area contributed by atoms with Crippen LogP contribution in [0.1, 0.15) is 26.3 Å². The summed E-state index contributed by atoms with van der Waals surface area (Å²) in [4.78, 5) is 24.0. The van der Waals surface area contributed by atoms with Crippen LogP contribution in [0.25, 0.3) is 0 Å². The predicted octanol–water partition coefficient (Wildman–Crippen LogP) is 4.57. The Labute approximate surface area is 169 Å². The molecule has 0 atom stereocenters. The summed E-state index contributed by atoms with van der Waals surface area (Å²) < 4.78 is 19.5. The summed E-state index contributed by atoms with van der Waals surface area (Å²) >= 11 is 3.31. The topological polar surface area (TPSA) is 67.8 Å². The third-order valence-corrected chi connectivity index (χ3v) is 4.37. The van der Waals surface area contributed by atoms with Crippen LogP contribution in [0.4, 0.5) is 4.39 Å². The minimum Gasteiger partial charge on any atom is -0.423 e. The molecule has 3 aromatic rings. The molecule has 0 aliphatic rings. The van der Waals surface area contributed by atoms with Gasteiger partial charge in [-0.3, -0.25) is 4.79 Å². The highest BCUT2D eigenvalue weighted by atomic mass is 79.9. The van der Waals surface area contributed by atoms with Crippen LogP contribution >= 0.6 is 15.9 Å². The van der Waals surface area contributed by atoms with Crippen molar-refractivity contribution in [3.8, 4) is 5.75 Å². The molecule has 0 heterocycles. The van der Waals surface area contributed by atoms with Gasteiger partial charge in [-0.1, -0.05) is 24.3 Å². The van der Waals surface area contributed by atoms with Gasteiger partial charge in [0.15, 0.2) is 0 Å². The van der Waals surface area contributed by atoms with Gasteiger partial charge >= 0.3 is 5.97 Å². The molecule has 0 aliphatic heterocycles. The lowest BCUT2D eigenvalue weighted by Gasteiger charge is -2.06. The van der Waals surface area contributed by atoms with E-state index in [4.69, 9.17) is 4.74 Å². The van der Waals surface area contributed by atoms with Gasteiger partial charge in [-0.05, 0) is 70.0 Å². The van der Waals surface area contributed by atoms with Crippen molar-refractivity contribution in [1.29, 1.82) is 0 Å². The second-order valence-corrected chi connectivity index (χ2v) is 6.47. The van der Waals surface area contributed by atoms with E-state index in [2.05, 4.69) is 26.5 Å². The summed E-state index contributed by atoms with van der Waals surface area (Å²) in [6, 6.07) is 19.2. The summed E-state index contributed by atoms with van der Waals surface area (Å²) in [5, 5.41) is 3.80. The molecule has 0 radical (unpaired) electrons. The largest absolute Gasteiger partial charge is 0.423 e. The van der Waals surface area contributed by atoms with E-state index in [0.29, 0.717) is 21.3 Å². The van der Waals surface area contributed by atoms with Crippen LogP contribution in [-0.2, 0) is 0 Å². The molecule has 0 aliphatic carbocycles. The highest BCUT2D eigenvalue weighted by Crippen LogP contribution is 2.19. The Hall–Kier alpha value is -3.32. The zero-order valence-corrected chi connectivity index (χ0v) is 16.0. The maximum Gasteiger partial charge on any atom is 0.344 e. The SMILES string of the molecule is O=C(N/N=C/c1ccc(OC(=O)c2ccccc2Br)cc1)c1ccccc1F. The van der Waals surface area contributed by atoms with Crippen LogP contribution in [-0.4, -0.2) is 18.1 Å². The van der Waals surface area contributed by atoms with E-state index in [1.54, 1.807) is 54.6 Å². The van der Waals surface area contributed by atoms with Crippen molar-refractivity contribution in [3.63, 3.8) is 0 Å². The predicted molar refractivity (Wildman–Crippen MR) is 107 cm³/mol. The fourth-order valence-corrected chi connectivity index (χ4v) is 2.73. The number of benzene rings is 3. The number of carbonyl (C=O) groups excluding carboxylic acids is 2. The van der Waals surface area contributed by atoms with E-state index in [-0.39, 0.29) is 5.56 Å². The average molecular weight is 441 g/mol. The number of hydrogen-bond acceptors (Lipinski definition) is 4. The molecule has 28 heavy (non-hydrogen) atoms. The Kier molecular flexibility index (Phi) is 6.29. The normalized spacial score (nSPS) is 10.6. The van der Waals surface area contributed by atoms with Crippen LogP contribution in [0.3, 0.4) is 0 Å². The van der Waals surface area contributed by atoms with Gasteiger partial charge in [0.05, 0.1) is 17.3 Å². The van der Waals surface area contributed by atoms with Crippen molar-refractivity contribution in [2.45, 2.75) is 0 Å². The molecule has 0 aromatic heterocycles. The summed E-state index contributed by atoms with van der Waals surface area (Å²) in [5.74, 6) is -1.38. The molecule has 0 spiro atoms. The van der Waals surface area contributed by atoms with Crippen LogP contribution in [0.2, 0.25) is 0 Å². The number of hydrogen-bond donors (Lipinski definition) is 1. The van der Waals surface area contributed by atoms with E-state index >= 15 is 0 Å². The first kappa shape index (κ1) is 19.4. The minimum atomic E-state index is -0.645. The molecule has 1 N–H and O–H groups in total. The van der Waals surface area contributed by atoms with Crippen LogP contribution in [0.5, 0.6) is 5.75 Å². The average Bonchev–Trinajstić information content (AvgIpc) is 2.70. The molecule has 0 saturated heterocycles. The van der Waals surface area contributed by atoms with Gasteiger partial charge < -0.3 is 4.74 Å². The van der Waals surface area contributed by atoms with E-state index in [9.17, 15) is 14.0 Å². The lowest BCUT2D eigenvalue weighted by atomic mass is 10.2. The standard InChI is InChI=1S/C21H14BrFN2O3/c22-18-7-3-1-5-16(18)21(27)28-15-11-9-14(10-12-15)13-24-25-20(26)17-6-2-4-8-19(17)23/h1-13H,(H,25,26)/b24-13+. The molecule has 0 unspecified atom stereocenters. The number of amides is 1. The van der Waals surface area contributed by atoms with Gasteiger partial charge in [0.2, 0.25) is 0 Å². The molecular weight excluding hydrogens is 427 g/mol. The van der Waals surface area contributed by atoms with E-state index < -0.39 is 17.7 Å². The number of carbonyl (C=O) groups is 2. The number of halogens is 2. The highest BCUT2D eigenvalue weighted by Gasteiger charge is 2.12. The second kappa shape index (κ2) is 9.05. The summed E-state index contributed by atoms with van der Waals surface area (Å²) in [5.41, 5.74) is 3.26. The first-order valence-electron chi connectivity index (χ1n) is 8.19. The maximum atomic E-state index is 13.5. The number of ether oxygens (including phenoxy) is 1. The third kappa shape index (κ3) is 4.89. The molecule has 140 valence electrons. The Morgan fingerprint density at radius 2 is 1.57 bits per heavy atom. The van der Waals surface area contributed by atoms with Gasteiger partial charge in [-0.15, -0.1) is 0 Å². The lowest BCUT2D eigenvalue weighted by Crippen LogP contribution is -2.18. The zero-order valence-electron chi connectivity index (χ0n) is 14.4. The van der Waals surface area contributed by atoms with Gasteiger partial charge in [-0.25, -0.2) is 14.6 Å². The fraction of sp³-hybridized carbons (Fsp3) is 0. The molecule has 1 amide bonds. The lowest BCUT2D eigenvalue weighted by molar-refractivity contribution is 0.0733. The van der Waals surface area contributed by atoms with Gasteiger partial charge in [0, 0.05) is 4.47 Å². The maximum absolute atomic E-state index is 13.5. The molecule has 5 nitrogen and oxygen atoms in total. The second-order valence-electron chi connectivity index (χ2n) is 5.62. The van der Waals surface area contributed by atoms with Crippen molar-refractivity contribution in [1.82, 2.24) is 5.43 Å². The van der Waals surface area contributed by atoms with Gasteiger partial charge in [0.25, 0.3) is 5.91 Å². The summed E-state index contributed by atoms with van der Waals surface area (Å²) in [6.45, 7) is 0. The van der Waals surface area contributed by atoms with Crippen molar-refractivity contribution in [2.24, 2.45) is 5.10 Å². The van der Waals surface area contributed by atoms with Gasteiger partial charge in [0.1, 0.15) is 11.6 Å². The van der Waals surface area contributed by atoms with Crippen molar-refractivity contribution in [3.05, 3.63) is 99.8 Å². The highest BCUT2D eigenvalue weighted by molar-refractivity contribution is 9.10. The van der Waals surface area contributed by atoms with Crippen LogP contribution in [0.15, 0.2) is 82.4 Å². The molecule has 0 saturated carbocycles. The first-order chi connectivity index (χ1) is 13.5. The van der Waals surface area contributed by atoms with E-state index in [1.165, 1.54) is 24.4 Å². The zero-order chi connectivity index (χ0) is 19.9. The minimum absolute atomic E-state index is 0.0889. The van der Waals surface area contributed by atoms with Crippen LogP contribution < -0.4 is 10.2 Å². The smallest absolute Gasteiger partial charge is 0.344 e. The monoisotopic (exact) mass is 440 g/mol. The Balaban J connectivity index is 1.59. The number of nitrogens with zero attached hydrogens (tertiary/aromatic N) is 1.